The van der Waals surface area contributed by atoms with Gasteiger partial charge in [0.05, 0.1) is 0 Å². The summed E-state index contributed by atoms with van der Waals surface area (Å²) in [5, 5.41) is 0. The number of hydrogen-bond acceptors (Lipinski definition) is 3. The average molecular weight is 269 g/mol. The number of pyridine rings is 1. The predicted molar refractivity (Wildman–Crippen MR) is 84.6 cm³/mol. The first kappa shape index (κ1) is 14.5. The Morgan fingerprint density at radius 3 is 2.50 bits per heavy atom. The van der Waals surface area contributed by atoms with E-state index in [0.717, 1.165) is 36.6 Å². The summed E-state index contributed by atoms with van der Waals surface area (Å²) >= 11 is 0. The van der Waals surface area contributed by atoms with Crippen LogP contribution in [0.1, 0.15) is 30.2 Å². The molecule has 1 aromatic heterocycles. The molecule has 2 N–H and O–H groups in total. The highest BCUT2D eigenvalue weighted by molar-refractivity contribution is 5.48. The van der Waals surface area contributed by atoms with E-state index in [1.54, 1.807) is 0 Å². The SMILES string of the molecule is CCCN(Cc1ccccc1)c1nc(C)ccc1CN. The van der Waals surface area contributed by atoms with Gasteiger partial charge in [0.15, 0.2) is 0 Å². The molecule has 106 valence electrons. The minimum atomic E-state index is 0.525. The number of nitrogens with zero attached hydrogens (tertiary/aromatic N) is 2. The van der Waals surface area contributed by atoms with Gasteiger partial charge in [0.25, 0.3) is 0 Å². The Morgan fingerprint density at radius 2 is 1.85 bits per heavy atom. The molecule has 0 amide bonds. The van der Waals surface area contributed by atoms with Crippen molar-refractivity contribution >= 4 is 5.82 Å². The summed E-state index contributed by atoms with van der Waals surface area (Å²) in [4.78, 5) is 7.03. The number of benzene rings is 1. The Morgan fingerprint density at radius 1 is 1.10 bits per heavy atom. The Balaban J connectivity index is 2.30. The number of anilines is 1. The van der Waals surface area contributed by atoms with Crippen molar-refractivity contribution in [2.75, 3.05) is 11.4 Å². The predicted octanol–water partition coefficient (Wildman–Crippen LogP) is 3.27. The van der Waals surface area contributed by atoms with Crippen LogP contribution in [0.2, 0.25) is 0 Å². The van der Waals surface area contributed by atoms with Crippen LogP contribution in [0, 0.1) is 6.92 Å². The maximum absolute atomic E-state index is 5.86. The molecule has 3 heteroatoms. The molecule has 2 aromatic rings. The van der Waals surface area contributed by atoms with E-state index in [0.29, 0.717) is 6.54 Å². The van der Waals surface area contributed by atoms with Crippen molar-refractivity contribution in [1.82, 2.24) is 4.98 Å². The number of aromatic nitrogens is 1. The van der Waals surface area contributed by atoms with E-state index < -0.39 is 0 Å². The maximum atomic E-state index is 5.86. The summed E-state index contributed by atoms with van der Waals surface area (Å²) in [6, 6.07) is 14.6. The van der Waals surface area contributed by atoms with Gasteiger partial charge >= 0.3 is 0 Å². The second kappa shape index (κ2) is 7.06. The maximum Gasteiger partial charge on any atom is 0.133 e. The van der Waals surface area contributed by atoms with Crippen LogP contribution < -0.4 is 10.6 Å². The Labute approximate surface area is 121 Å². The fraction of sp³-hybridized carbons (Fsp3) is 0.353. The first-order valence-corrected chi connectivity index (χ1v) is 7.20. The largest absolute Gasteiger partial charge is 0.352 e. The summed E-state index contributed by atoms with van der Waals surface area (Å²) in [6.45, 7) is 6.60. The lowest BCUT2D eigenvalue weighted by Crippen LogP contribution is -2.26. The summed E-state index contributed by atoms with van der Waals surface area (Å²) < 4.78 is 0. The van der Waals surface area contributed by atoms with Gasteiger partial charge in [0.1, 0.15) is 5.82 Å². The summed E-state index contributed by atoms with van der Waals surface area (Å²) in [6.07, 6.45) is 1.09. The summed E-state index contributed by atoms with van der Waals surface area (Å²) in [5.41, 5.74) is 9.30. The van der Waals surface area contributed by atoms with Crippen molar-refractivity contribution in [2.45, 2.75) is 33.4 Å². The van der Waals surface area contributed by atoms with Gasteiger partial charge in [-0.2, -0.15) is 0 Å². The number of hydrogen-bond donors (Lipinski definition) is 1. The van der Waals surface area contributed by atoms with Crippen LogP contribution in [-0.4, -0.2) is 11.5 Å². The molecule has 0 aliphatic heterocycles. The molecular weight excluding hydrogens is 246 g/mol. The van der Waals surface area contributed by atoms with E-state index in [1.807, 2.05) is 19.1 Å². The quantitative estimate of drug-likeness (QED) is 0.875. The Kier molecular flexibility index (Phi) is 5.13. The van der Waals surface area contributed by atoms with Gasteiger partial charge in [-0.25, -0.2) is 4.98 Å². The molecular formula is C17H23N3. The van der Waals surface area contributed by atoms with E-state index in [1.165, 1.54) is 5.56 Å². The van der Waals surface area contributed by atoms with E-state index in [4.69, 9.17) is 10.7 Å². The molecule has 0 saturated carbocycles. The van der Waals surface area contributed by atoms with Crippen molar-refractivity contribution < 1.29 is 0 Å². The molecule has 20 heavy (non-hydrogen) atoms. The molecule has 3 nitrogen and oxygen atoms in total. The molecule has 0 atom stereocenters. The molecule has 2 rings (SSSR count). The molecule has 0 aliphatic rings. The number of nitrogens with two attached hydrogens (primary N) is 1. The molecule has 0 saturated heterocycles. The molecule has 0 fully saturated rings. The van der Waals surface area contributed by atoms with Gasteiger partial charge in [-0.15, -0.1) is 0 Å². The average Bonchev–Trinajstić information content (AvgIpc) is 2.48. The van der Waals surface area contributed by atoms with E-state index >= 15 is 0 Å². The Bertz CT molecular complexity index is 537. The normalized spacial score (nSPS) is 10.6. The highest BCUT2D eigenvalue weighted by Crippen LogP contribution is 2.21. The van der Waals surface area contributed by atoms with Gasteiger partial charge in [-0.05, 0) is 25.0 Å². The lowest BCUT2D eigenvalue weighted by molar-refractivity contribution is 0.745. The molecule has 0 spiro atoms. The van der Waals surface area contributed by atoms with E-state index in [-0.39, 0.29) is 0 Å². The molecule has 0 radical (unpaired) electrons. The van der Waals surface area contributed by atoms with Crippen molar-refractivity contribution in [1.29, 1.82) is 0 Å². The zero-order valence-corrected chi connectivity index (χ0v) is 12.3. The van der Waals surface area contributed by atoms with Gasteiger partial charge < -0.3 is 10.6 Å². The van der Waals surface area contributed by atoms with Gasteiger partial charge in [-0.1, -0.05) is 43.3 Å². The van der Waals surface area contributed by atoms with E-state index in [2.05, 4.69) is 42.2 Å². The third kappa shape index (κ3) is 3.58. The van der Waals surface area contributed by atoms with Gasteiger partial charge in [0, 0.05) is 30.9 Å². The van der Waals surface area contributed by atoms with Gasteiger partial charge in [-0.3, -0.25) is 0 Å². The third-order valence-corrected chi connectivity index (χ3v) is 3.32. The number of rotatable bonds is 6. The highest BCUT2D eigenvalue weighted by atomic mass is 15.2. The summed E-state index contributed by atoms with van der Waals surface area (Å²) in [5.74, 6) is 1.03. The van der Waals surface area contributed by atoms with Gasteiger partial charge in [0.2, 0.25) is 0 Å². The van der Waals surface area contributed by atoms with Crippen LogP contribution in [0.4, 0.5) is 5.82 Å². The molecule has 1 heterocycles. The van der Waals surface area contributed by atoms with Crippen LogP contribution in [0.15, 0.2) is 42.5 Å². The second-order valence-electron chi connectivity index (χ2n) is 5.05. The molecule has 0 unspecified atom stereocenters. The topological polar surface area (TPSA) is 42.2 Å². The summed E-state index contributed by atoms with van der Waals surface area (Å²) in [7, 11) is 0. The molecule has 0 bridgehead atoms. The highest BCUT2D eigenvalue weighted by Gasteiger charge is 2.12. The van der Waals surface area contributed by atoms with Crippen molar-refractivity contribution in [3.05, 3.63) is 59.3 Å². The van der Waals surface area contributed by atoms with Crippen molar-refractivity contribution in [3.63, 3.8) is 0 Å². The van der Waals surface area contributed by atoms with Crippen molar-refractivity contribution in [2.24, 2.45) is 5.73 Å². The minimum absolute atomic E-state index is 0.525. The molecule has 0 aliphatic carbocycles. The zero-order chi connectivity index (χ0) is 14.4. The van der Waals surface area contributed by atoms with Crippen LogP contribution in [0.25, 0.3) is 0 Å². The van der Waals surface area contributed by atoms with E-state index in [9.17, 15) is 0 Å². The van der Waals surface area contributed by atoms with Crippen LogP contribution in [0.3, 0.4) is 0 Å². The minimum Gasteiger partial charge on any atom is -0.352 e. The Hall–Kier alpha value is -1.87. The van der Waals surface area contributed by atoms with Crippen LogP contribution in [-0.2, 0) is 13.1 Å². The molecule has 1 aromatic carbocycles. The zero-order valence-electron chi connectivity index (χ0n) is 12.3. The third-order valence-electron chi connectivity index (χ3n) is 3.32. The first-order chi connectivity index (χ1) is 9.74. The monoisotopic (exact) mass is 269 g/mol. The lowest BCUT2D eigenvalue weighted by Gasteiger charge is -2.26. The number of aryl methyl sites for hydroxylation is 1. The first-order valence-electron chi connectivity index (χ1n) is 7.20. The smallest absolute Gasteiger partial charge is 0.133 e. The van der Waals surface area contributed by atoms with Crippen LogP contribution >= 0.6 is 0 Å². The van der Waals surface area contributed by atoms with Crippen LogP contribution in [0.5, 0.6) is 0 Å². The fourth-order valence-electron chi connectivity index (χ4n) is 2.34. The second-order valence-corrected chi connectivity index (χ2v) is 5.05. The fourth-order valence-corrected chi connectivity index (χ4v) is 2.34. The lowest BCUT2D eigenvalue weighted by atomic mass is 10.1. The van der Waals surface area contributed by atoms with Crippen molar-refractivity contribution in [3.8, 4) is 0 Å². The standard InChI is InChI=1S/C17H23N3/c1-3-11-20(13-15-7-5-4-6-8-15)17-16(12-18)10-9-14(2)19-17/h4-10H,3,11-13,18H2,1-2H3.